The number of aromatic nitrogens is 1. The van der Waals surface area contributed by atoms with Crippen LogP contribution in [0.4, 0.5) is 5.82 Å². The van der Waals surface area contributed by atoms with Crippen LogP contribution in [0.5, 0.6) is 0 Å². The summed E-state index contributed by atoms with van der Waals surface area (Å²) in [5, 5.41) is 3.57. The molecule has 26 heavy (non-hydrogen) atoms. The molecule has 0 unspecified atom stereocenters. The highest BCUT2D eigenvalue weighted by molar-refractivity contribution is 5.98. The number of piperidine rings is 1. The molecule has 6 nitrogen and oxygen atoms in total. The lowest BCUT2D eigenvalue weighted by atomic mass is 9.97. The second-order valence-electron chi connectivity index (χ2n) is 7.10. The average Bonchev–Trinajstić information content (AvgIpc) is 2.64. The molecule has 2 aromatic rings. The first-order chi connectivity index (χ1) is 12.5. The fourth-order valence-corrected chi connectivity index (χ4v) is 3.33. The van der Waals surface area contributed by atoms with Crippen molar-refractivity contribution in [2.24, 2.45) is 11.7 Å². The number of primary amides is 1. The molecule has 1 amide bonds. The molecule has 1 aliphatic heterocycles. The van der Waals surface area contributed by atoms with Gasteiger partial charge in [0.1, 0.15) is 5.82 Å². The van der Waals surface area contributed by atoms with Gasteiger partial charge in [0.25, 0.3) is 5.91 Å². The number of hydrogen-bond acceptors (Lipinski definition) is 5. The molecule has 5 N–H and O–H groups in total. The summed E-state index contributed by atoms with van der Waals surface area (Å²) in [6, 6.07) is 9.95. The molecule has 1 aromatic heterocycles. The van der Waals surface area contributed by atoms with E-state index in [4.69, 9.17) is 11.5 Å². The van der Waals surface area contributed by atoms with Gasteiger partial charge in [0.15, 0.2) is 0 Å². The van der Waals surface area contributed by atoms with Gasteiger partial charge in [-0.1, -0.05) is 24.3 Å². The van der Waals surface area contributed by atoms with Crippen LogP contribution in [0.1, 0.15) is 28.8 Å². The molecule has 0 radical (unpaired) electrons. The zero-order chi connectivity index (χ0) is 18.5. The Morgan fingerprint density at radius 2 is 1.92 bits per heavy atom. The lowest BCUT2D eigenvalue weighted by Gasteiger charge is -2.29. The Hall–Kier alpha value is -2.44. The number of nitrogens with zero attached hydrogens (tertiary/aromatic N) is 2. The molecule has 0 saturated carbocycles. The smallest absolute Gasteiger partial charge is 0.252 e. The number of nitrogens with one attached hydrogen (secondary N) is 1. The fourth-order valence-electron chi connectivity index (χ4n) is 3.33. The van der Waals surface area contributed by atoms with Crippen LogP contribution in [-0.2, 0) is 6.54 Å². The third-order valence-electron chi connectivity index (χ3n) is 5.07. The number of carbonyl (C=O) groups excluding carboxylic acids is 1. The topological polar surface area (TPSA) is 97.3 Å². The molecule has 1 aromatic carbocycles. The summed E-state index contributed by atoms with van der Waals surface area (Å²) in [5.74, 6) is 0.376. The van der Waals surface area contributed by atoms with Crippen LogP contribution >= 0.6 is 0 Å². The zero-order valence-electron chi connectivity index (χ0n) is 15.2. The number of pyridine rings is 1. The maximum atomic E-state index is 11.4. The van der Waals surface area contributed by atoms with E-state index in [0.717, 1.165) is 30.1 Å². The van der Waals surface area contributed by atoms with Crippen molar-refractivity contribution in [3.05, 3.63) is 47.7 Å². The lowest BCUT2D eigenvalue weighted by Crippen LogP contribution is -2.34. The highest BCUT2D eigenvalue weighted by Gasteiger charge is 2.15. The summed E-state index contributed by atoms with van der Waals surface area (Å²) in [6.45, 7) is 4.33. The Kier molecular flexibility index (Phi) is 5.85. The maximum Gasteiger partial charge on any atom is 0.252 e. The van der Waals surface area contributed by atoms with Crippen LogP contribution in [0.25, 0.3) is 11.1 Å². The Morgan fingerprint density at radius 3 is 2.58 bits per heavy atom. The van der Waals surface area contributed by atoms with Crippen molar-refractivity contribution in [3.8, 4) is 11.1 Å². The van der Waals surface area contributed by atoms with E-state index >= 15 is 0 Å². The van der Waals surface area contributed by atoms with Crippen molar-refractivity contribution < 1.29 is 4.79 Å². The van der Waals surface area contributed by atoms with Crippen molar-refractivity contribution in [3.63, 3.8) is 0 Å². The minimum atomic E-state index is -0.563. The van der Waals surface area contributed by atoms with Gasteiger partial charge in [-0.25, -0.2) is 4.98 Å². The number of benzene rings is 1. The van der Waals surface area contributed by atoms with Crippen molar-refractivity contribution in [2.75, 3.05) is 32.4 Å². The molecule has 1 aliphatic rings. The molecule has 1 fully saturated rings. The molecule has 1 saturated heterocycles. The number of hydrogen-bond donors (Lipinski definition) is 3. The third-order valence-corrected chi connectivity index (χ3v) is 5.07. The van der Waals surface area contributed by atoms with Gasteiger partial charge in [-0.3, -0.25) is 4.79 Å². The van der Waals surface area contributed by atoms with Gasteiger partial charge in [0.2, 0.25) is 0 Å². The standard InChI is InChI=1S/C20H27N5O/c1-25-8-6-15(7-9-25)12-23-11-14-2-4-16(5-3-14)17-10-18(20(22)26)19(21)24-13-17/h2-5,10,13,15,23H,6-9,11-12H2,1H3,(H2,21,24)(H2,22,26). The number of rotatable bonds is 6. The van der Waals surface area contributed by atoms with E-state index in [1.807, 2.05) is 12.1 Å². The maximum absolute atomic E-state index is 11.4. The van der Waals surface area contributed by atoms with Crippen LogP contribution in [0, 0.1) is 5.92 Å². The van der Waals surface area contributed by atoms with E-state index in [-0.39, 0.29) is 11.4 Å². The zero-order valence-corrected chi connectivity index (χ0v) is 15.2. The summed E-state index contributed by atoms with van der Waals surface area (Å²) in [5.41, 5.74) is 14.3. The predicted molar refractivity (Wildman–Crippen MR) is 105 cm³/mol. The Bertz CT molecular complexity index is 751. The summed E-state index contributed by atoms with van der Waals surface area (Å²) >= 11 is 0. The summed E-state index contributed by atoms with van der Waals surface area (Å²) < 4.78 is 0. The van der Waals surface area contributed by atoms with Crippen molar-refractivity contribution >= 4 is 11.7 Å². The minimum absolute atomic E-state index is 0.163. The molecule has 3 rings (SSSR count). The largest absolute Gasteiger partial charge is 0.383 e. The van der Waals surface area contributed by atoms with Crippen LogP contribution in [0.15, 0.2) is 36.5 Å². The number of carbonyl (C=O) groups is 1. The second kappa shape index (κ2) is 8.29. The first-order valence-corrected chi connectivity index (χ1v) is 9.07. The monoisotopic (exact) mass is 353 g/mol. The van der Waals surface area contributed by atoms with Gasteiger partial charge in [-0.05, 0) is 62.6 Å². The predicted octanol–water partition coefficient (Wildman–Crippen LogP) is 1.86. The number of nitrogens with two attached hydrogens (primary N) is 2. The van der Waals surface area contributed by atoms with E-state index in [0.29, 0.717) is 0 Å². The molecule has 0 atom stereocenters. The molecule has 0 bridgehead atoms. The van der Waals surface area contributed by atoms with Crippen molar-refractivity contribution in [2.45, 2.75) is 19.4 Å². The van der Waals surface area contributed by atoms with E-state index in [1.54, 1.807) is 12.3 Å². The third kappa shape index (κ3) is 4.59. The quantitative estimate of drug-likeness (QED) is 0.736. The van der Waals surface area contributed by atoms with Gasteiger partial charge < -0.3 is 21.7 Å². The molecule has 0 spiro atoms. The highest BCUT2D eigenvalue weighted by Crippen LogP contribution is 2.22. The number of amides is 1. The first-order valence-electron chi connectivity index (χ1n) is 9.07. The Balaban J connectivity index is 1.57. The summed E-state index contributed by atoms with van der Waals surface area (Å²) in [7, 11) is 2.19. The van der Waals surface area contributed by atoms with Gasteiger partial charge in [-0.2, -0.15) is 0 Å². The molecular formula is C20H27N5O. The van der Waals surface area contributed by atoms with E-state index in [9.17, 15) is 4.79 Å². The summed E-state index contributed by atoms with van der Waals surface area (Å²) in [4.78, 5) is 17.9. The van der Waals surface area contributed by atoms with Gasteiger partial charge in [0.05, 0.1) is 5.56 Å². The fraction of sp³-hybridized carbons (Fsp3) is 0.400. The number of likely N-dealkylation sites (tertiary alicyclic amines) is 1. The minimum Gasteiger partial charge on any atom is -0.383 e. The molecule has 6 heteroatoms. The van der Waals surface area contributed by atoms with Crippen molar-refractivity contribution in [1.29, 1.82) is 0 Å². The van der Waals surface area contributed by atoms with Gasteiger partial charge in [0, 0.05) is 18.3 Å². The van der Waals surface area contributed by atoms with E-state index < -0.39 is 5.91 Å². The lowest BCUT2D eigenvalue weighted by molar-refractivity contribution is 0.100. The Labute approximate surface area is 154 Å². The van der Waals surface area contributed by atoms with Gasteiger partial charge >= 0.3 is 0 Å². The normalized spacial score (nSPS) is 15.9. The van der Waals surface area contributed by atoms with Crippen LogP contribution in [-0.4, -0.2) is 42.5 Å². The van der Waals surface area contributed by atoms with E-state index in [2.05, 4.69) is 34.4 Å². The highest BCUT2D eigenvalue weighted by atomic mass is 16.1. The first kappa shape index (κ1) is 18.4. The second-order valence-corrected chi connectivity index (χ2v) is 7.10. The molecular weight excluding hydrogens is 326 g/mol. The summed E-state index contributed by atoms with van der Waals surface area (Å²) in [6.07, 6.45) is 4.21. The Morgan fingerprint density at radius 1 is 1.23 bits per heavy atom. The SMILES string of the molecule is CN1CCC(CNCc2ccc(-c3cnc(N)c(C(N)=O)c3)cc2)CC1. The number of anilines is 1. The molecule has 2 heterocycles. The molecule has 0 aliphatic carbocycles. The van der Waals surface area contributed by atoms with Crippen LogP contribution < -0.4 is 16.8 Å². The van der Waals surface area contributed by atoms with Gasteiger partial charge in [-0.15, -0.1) is 0 Å². The van der Waals surface area contributed by atoms with Crippen LogP contribution in [0.3, 0.4) is 0 Å². The van der Waals surface area contributed by atoms with Crippen LogP contribution in [0.2, 0.25) is 0 Å². The average molecular weight is 353 g/mol. The van der Waals surface area contributed by atoms with E-state index in [1.165, 1.54) is 31.5 Å². The molecule has 138 valence electrons. The van der Waals surface area contributed by atoms with Crippen molar-refractivity contribution in [1.82, 2.24) is 15.2 Å². The number of nitrogen functional groups attached to an aromatic ring is 1.